The van der Waals surface area contributed by atoms with Gasteiger partial charge in [-0.05, 0) is 61.6 Å². The van der Waals surface area contributed by atoms with Gasteiger partial charge in [0.2, 0.25) is 0 Å². The number of hydrogen-bond acceptors (Lipinski definition) is 5. The first kappa shape index (κ1) is 23.5. The Balaban J connectivity index is 1.38. The van der Waals surface area contributed by atoms with E-state index < -0.39 is 24.1 Å². The van der Waals surface area contributed by atoms with Crippen LogP contribution in [0.1, 0.15) is 57.6 Å². The Bertz CT molecular complexity index is 1120. The van der Waals surface area contributed by atoms with Gasteiger partial charge in [0.15, 0.2) is 0 Å². The number of carbonyl (C=O) groups excluding carboxylic acids is 3. The van der Waals surface area contributed by atoms with Crippen LogP contribution in [0.15, 0.2) is 24.3 Å². The zero-order chi connectivity index (χ0) is 24.0. The number of nitrogens with one attached hydrogen (secondary N) is 1. The van der Waals surface area contributed by atoms with Gasteiger partial charge in [0.05, 0.1) is 5.52 Å². The maximum absolute atomic E-state index is 13.1. The predicted octanol–water partition coefficient (Wildman–Crippen LogP) is 4.77. The average Bonchev–Trinajstić information content (AvgIpc) is 2.96. The lowest BCUT2D eigenvalue weighted by molar-refractivity contribution is -0.149. The second-order valence-corrected chi connectivity index (χ2v) is 10.7. The van der Waals surface area contributed by atoms with Crippen molar-refractivity contribution in [1.82, 2.24) is 15.2 Å². The van der Waals surface area contributed by atoms with E-state index in [4.69, 9.17) is 16.3 Å². The first-order valence-corrected chi connectivity index (χ1v) is 11.7. The van der Waals surface area contributed by atoms with Crippen molar-refractivity contribution in [2.75, 3.05) is 6.54 Å². The molecule has 8 heteroatoms. The van der Waals surface area contributed by atoms with E-state index in [2.05, 4.69) is 31.1 Å². The molecule has 7 nitrogen and oxygen atoms in total. The lowest BCUT2D eigenvalue weighted by Crippen LogP contribution is -2.50. The molecule has 1 aliphatic carbocycles. The molecule has 1 N–H and O–H groups in total. The van der Waals surface area contributed by atoms with Gasteiger partial charge in [-0.1, -0.05) is 44.5 Å². The number of benzene rings is 1. The Morgan fingerprint density at radius 1 is 1.24 bits per heavy atom. The number of urea groups is 1. The molecule has 1 spiro atoms. The zero-order valence-electron chi connectivity index (χ0n) is 19.5. The van der Waals surface area contributed by atoms with E-state index in [1.165, 1.54) is 0 Å². The number of aromatic nitrogens is 1. The van der Waals surface area contributed by atoms with E-state index in [1.54, 1.807) is 0 Å². The molecule has 1 aromatic heterocycles. The summed E-state index contributed by atoms with van der Waals surface area (Å²) in [4.78, 5) is 43.4. The molecule has 176 valence electrons. The van der Waals surface area contributed by atoms with Crippen molar-refractivity contribution < 1.29 is 19.1 Å². The molecular weight excluding hydrogens is 442 g/mol. The van der Waals surface area contributed by atoms with Crippen LogP contribution in [0.25, 0.3) is 10.9 Å². The predicted molar refractivity (Wildman–Crippen MR) is 126 cm³/mol. The summed E-state index contributed by atoms with van der Waals surface area (Å²) in [6, 6.07) is 7.12. The number of imide groups is 1. The third-order valence-corrected chi connectivity index (χ3v) is 7.31. The van der Waals surface area contributed by atoms with Crippen molar-refractivity contribution in [3.63, 3.8) is 0 Å². The van der Waals surface area contributed by atoms with Crippen molar-refractivity contribution >= 4 is 40.4 Å². The maximum Gasteiger partial charge on any atom is 0.326 e. The molecule has 1 saturated carbocycles. The van der Waals surface area contributed by atoms with E-state index in [0.717, 1.165) is 34.2 Å². The summed E-state index contributed by atoms with van der Waals surface area (Å²) in [5, 5.41) is 3.99. The quantitative estimate of drug-likeness (QED) is 0.394. The Morgan fingerprint density at radius 3 is 2.61 bits per heavy atom. The first-order chi connectivity index (χ1) is 15.5. The molecule has 2 fully saturated rings. The van der Waals surface area contributed by atoms with Crippen LogP contribution in [0, 0.1) is 18.3 Å². The van der Waals surface area contributed by atoms with Crippen LogP contribution in [0.3, 0.4) is 0 Å². The van der Waals surface area contributed by atoms with Crippen LogP contribution < -0.4 is 5.32 Å². The number of ether oxygens (including phenoxy) is 1. The van der Waals surface area contributed by atoms with E-state index in [1.807, 2.05) is 31.2 Å². The molecule has 2 heterocycles. The smallest absolute Gasteiger partial charge is 0.326 e. The van der Waals surface area contributed by atoms with Gasteiger partial charge in [-0.2, -0.15) is 0 Å². The molecule has 2 aliphatic rings. The Hall–Kier alpha value is -2.67. The van der Waals surface area contributed by atoms with Crippen molar-refractivity contribution in [2.24, 2.45) is 11.3 Å². The monoisotopic (exact) mass is 471 g/mol. The number of halogens is 1. The van der Waals surface area contributed by atoms with Crippen LogP contribution >= 0.6 is 11.6 Å². The number of carbonyl (C=O) groups is 3. The highest BCUT2D eigenvalue weighted by molar-refractivity contribution is 6.30. The number of fused-ring (bicyclic) bond motifs is 1. The third-order valence-electron chi connectivity index (χ3n) is 6.98. The topological polar surface area (TPSA) is 88.6 Å². The first-order valence-electron chi connectivity index (χ1n) is 11.3. The number of pyridine rings is 1. The number of hydrogen-bond donors (Lipinski definition) is 1. The summed E-state index contributed by atoms with van der Waals surface area (Å²) in [7, 11) is 0. The lowest BCUT2D eigenvalue weighted by Gasteiger charge is -2.40. The van der Waals surface area contributed by atoms with E-state index in [9.17, 15) is 14.4 Å². The van der Waals surface area contributed by atoms with Gasteiger partial charge in [0.25, 0.3) is 5.91 Å². The molecule has 3 amide bonds. The van der Waals surface area contributed by atoms with Gasteiger partial charge in [-0.15, -0.1) is 0 Å². The molecule has 1 aromatic carbocycles. The van der Waals surface area contributed by atoms with Crippen molar-refractivity contribution in [3.05, 3.63) is 40.5 Å². The minimum absolute atomic E-state index is 0.0868. The summed E-state index contributed by atoms with van der Waals surface area (Å²) in [6.07, 6.45) is 2.90. The highest BCUT2D eigenvalue weighted by Crippen LogP contribution is 2.43. The number of rotatable bonds is 4. The second-order valence-electron chi connectivity index (χ2n) is 10.3. The van der Waals surface area contributed by atoms with Crippen LogP contribution in [-0.2, 0) is 20.9 Å². The van der Waals surface area contributed by atoms with Gasteiger partial charge < -0.3 is 10.1 Å². The fourth-order valence-electron chi connectivity index (χ4n) is 4.87. The minimum atomic E-state index is -0.900. The van der Waals surface area contributed by atoms with Crippen LogP contribution in [-0.4, -0.2) is 39.9 Å². The lowest BCUT2D eigenvalue weighted by atomic mass is 9.67. The summed E-state index contributed by atoms with van der Waals surface area (Å²) in [6.45, 7) is 8.06. The van der Waals surface area contributed by atoms with Gasteiger partial charge in [-0.25, -0.2) is 9.78 Å². The minimum Gasteiger partial charge on any atom is -0.459 e. The molecule has 0 unspecified atom stereocenters. The second kappa shape index (κ2) is 8.60. The molecule has 1 saturated heterocycles. The normalized spacial score (nSPS) is 23.3. The van der Waals surface area contributed by atoms with E-state index in [0.29, 0.717) is 24.3 Å². The fraction of sp³-hybridized carbons (Fsp3) is 0.520. The Morgan fingerprint density at radius 2 is 1.94 bits per heavy atom. The largest absolute Gasteiger partial charge is 0.459 e. The Kier molecular flexibility index (Phi) is 6.12. The molecule has 33 heavy (non-hydrogen) atoms. The summed E-state index contributed by atoms with van der Waals surface area (Å²) in [5.74, 6) is -0.507. The van der Waals surface area contributed by atoms with Gasteiger partial charge in [-0.3, -0.25) is 14.5 Å². The zero-order valence-corrected chi connectivity index (χ0v) is 20.3. The molecule has 2 aromatic rings. The van der Waals surface area contributed by atoms with Crippen molar-refractivity contribution in [2.45, 2.75) is 65.5 Å². The highest BCUT2D eigenvalue weighted by Gasteiger charge is 2.53. The molecule has 0 radical (unpaired) electrons. The standard InChI is InChI=1S/C25H30ClN3O4/c1-15-5-6-16-12-17(21(26)27-19(16)11-15)14-33-20(30)13-29-22(31)25(28-23(29)32)9-7-18(8-10-25)24(2,3)4/h5-6,11-12,18H,7-10,13-14H2,1-4H3,(H,28,32). The number of aryl methyl sites for hydroxylation is 1. The van der Waals surface area contributed by atoms with Gasteiger partial charge in [0, 0.05) is 10.9 Å². The van der Waals surface area contributed by atoms with Crippen molar-refractivity contribution in [1.29, 1.82) is 0 Å². The van der Waals surface area contributed by atoms with Gasteiger partial charge in [0.1, 0.15) is 23.8 Å². The average molecular weight is 472 g/mol. The molecule has 0 atom stereocenters. The highest BCUT2D eigenvalue weighted by atomic mass is 35.5. The van der Waals surface area contributed by atoms with Gasteiger partial charge >= 0.3 is 12.0 Å². The fourth-order valence-corrected chi connectivity index (χ4v) is 5.07. The number of esters is 1. The Labute approximate surface area is 198 Å². The maximum atomic E-state index is 13.1. The number of amides is 3. The third kappa shape index (κ3) is 4.69. The molecule has 0 bridgehead atoms. The van der Waals surface area contributed by atoms with Crippen LogP contribution in [0.5, 0.6) is 0 Å². The number of nitrogens with zero attached hydrogens (tertiary/aromatic N) is 2. The molecule has 4 rings (SSSR count). The summed E-state index contributed by atoms with van der Waals surface area (Å²) in [5.41, 5.74) is 1.66. The molecule has 1 aliphatic heterocycles. The van der Waals surface area contributed by atoms with Crippen LogP contribution in [0.2, 0.25) is 5.15 Å². The summed E-state index contributed by atoms with van der Waals surface area (Å²) >= 11 is 6.27. The van der Waals surface area contributed by atoms with Crippen LogP contribution in [0.4, 0.5) is 4.79 Å². The van der Waals surface area contributed by atoms with Crippen molar-refractivity contribution in [3.8, 4) is 0 Å². The SMILES string of the molecule is Cc1ccc2cc(COC(=O)CN3C(=O)NC4(CCC(C(C)(C)C)CC4)C3=O)c(Cl)nc2c1. The summed E-state index contributed by atoms with van der Waals surface area (Å²) < 4.78 is 5.34. The van der Waals surface area contributed by atoms with E-state index in [-0.39, 0.29) is 23.1 Å². The van der Waals surface area contributed by atoms with E-state index >= 15 is 0 Å². The molecular formula is C25H30ClN3O4.